The number of halogens is 3. The second kappa shape index (κ2) is 8.51. The predicted octanol–water partition coefficient (Wildman–Crippen LogP) is 5.01. The molecule has 0 atom stereocenters. The van der Waals surface area contributed by atoms with E-state index in [0.29, 0.717) is 4.88 Å². The molecule has 1 aromatic rings. The number of nitrogens with zero attached hydrogens (tertiary/aromatic N) is 2. The van der Waals surface area contributed by atoms with Gasteiger partial charge in [-0.05, 0) is 31.1 Å². The lowest BCUT2D eigenvalue weighted by molar-refractivity contribution is -0.136. The summed E-state index contributed by atoms with van der Waals surface area (Å²) in [7, 11) is 0. The zero-order chi connectivity index (χ0) is 18.4. The van der Waals surface area contributed by atoms with Crippen molar-refractivity contribution in [2.45, 2.75) is 45.7 Å². The maximum absolute atomic E-state index is 12.9. The van der Waals surface area contributed by atoms with Gasteiger partial charge in [-0.15, -0.1) is 11.3 Å². The highest BCUT2D eigenvalue weighted by Gasteiger charge is 2.45. The lowest BCUT2D eigenvalue weighted by Gasteiger charge is -2.22. The van der Waals surface area contributed by atoms with Crippen LogP contribution in [-0.4, -0.2) is 30.9 Å². The van der Waals surface area contributed by atoms with Crippen LogP contribution in [0.15, 0.2) is 22.9 Å². The van der Waals surface area contributed by atoms with Crippen molar-refractivity contribution >= 4 is 34.1 Å². The van der Waals surface area contributed by atoms with E-state index >= 15 is 0 Å². The van der Waals surface area contributed by atoms with Gasteiger partial charge in [0.05, 0.1) is 10.6 Å². The Morgan fingerprint density at radius 3 is 2.40 bits per heavy atom. The van der Waals surface area contributed by atoms with Gasteiger partial charge in [-0.25, -0.2) is 4.79 Å². The third kappa shape index (κ3) is 5.07. The minimum absolute atomic E-state index is 0.547. The molecule has 25 heavy (non-hydrogen) atoms. The Bertz CT molecular complexity index is 657. The minimum atomic E-state index is -4.72. The van der Waals surface area contributed by atoms with Gasteiger partial charge in [0.25, 0.3) is 0 Å². The van der Waals surface area contributed by atoms with E-state index in [2.05, 4.69) is 28.7 Å². The van der Waals surface area contributed by atoms with E-state index in [0.717, 1.165) is 43.8 Å². The van der Waals surface area contributed by atoms with Crippen LogP contribution in [0.4, 0.5) is 18.2 Å². The molecule has 0 fully saturated rings. The summed E-state index contributed by atoms with van der Waals surface area (Å²) in [5.74, 6) is -1.07. The van der Waals surface area contributed by atoms with Crippen LogP contribution >= 0.6 is 11.3 Å². The molecule has 2 heterocycles. The van der Waals surface area contributed by atoms with Crippen molar-refractivity contribution in [3.8, 4) is 0 Å². The molecule has 2 rings (SSSR count). The SMILES string of the molecule is CCCCN(CCCC)c1ccc(C=C2C(=O)ON=C2C(F)(F)F)s1. The molecule has 1 aliphatic rings. The van der Waals surface area contributed by atoms with Gasteiger partial charge in [0, 0.05) is 18.0 Å². The Morgan fingerprint density at radius 1 is 1.20 bits per heavy atom. The first-order valence-electron chi connectivity index (χ1n) is 8.30. The largest absolute Gasteiger partial charge is 0.437 e. The van der Waals surface area contributed by atoms with Crippen molar-refractivity contribution in [1.29, 1.82) is 0 Å². The lowest BCUT2D eigenvalue weighted by atomic mass is 10.1. The molecule has 4 nitrogen and oxygen atoms in total. The fourth-order valence-electron chi connectivity index (χ4n) is 2.38. The van der Waals surface area contributed by atoms with Crippen molar-refractivity contribution < 1.29 is 22.8 Å². The summed E-state index contributed by atoms with van der Waals surface area (Å²) in [5, 5.41) is 3.85. The fourth-order valence-corrected chi connectivity index (χ4v) is 3.38. The lowest BCUT2D eigenvalue weighted by Crippen LogP contribution is -2.24. The Morgan fingerprint density at radius 2 is 1.84 bits per heavy atom. The average Bonchev–Trinajstić information content (AvgIpc) is 3.15. The Kier molecular flexibility index (Phi) is 6.64. The van der Waals surface area contributed by atoms with Gasteiger partial charge >= 0.3 is 12.1 Å². The zero-order valence-electron chi connectivity index (χ0n) is 14.2. The number of alkyl halides is 3. The molecule has 0 unspecified atom stereocenters. The second-order valence-corrected chi connectivity index (χ2v) is 6.84. The number of oxime groups is 1. The summed E-state index contributed by atoms with van der Waals surface area (Å²) < 4.78 is 38.7. The van der Waals surface area contributed by atoms with Gasteiger partial charge in [0.1, 0.15) is 0 Å². The van der Waals surface area contributed by atoms with Crippen LogP contribution in [-0.2, 0) is 9.63 Å². The van der Waals surface area contributed by atoms with Crippen LogP contribution in [0.2, 0.25) is 0 Å². The Hall–Kier alpha value is -1.83. The quantitative estimate of drug-likeness (QED) is 0.474. The topological polar surface area (TPSA) is 41.9 Å². The highest BCUT2D eigenvalue weighted by molar-refractivity contribution is 7.17. The van der Waals surface area contributed by atoms with Crippen molar-refractivity contribution in [2.75, 3.05) is 18.0 Å². The number of hydrogen-bond donors (Lipinski definition) is 0. The van der Waals surface area contributed by atoms with Gasteiger partial charge in [-0.3, -0.25) is 0 Å². The minimum Gasteiger partial charge on any atom is -0.363 e. The Labute approximate surface area is 149 Å². The summed E-state index contributed by atoms with van der Waals surface area (Å²) in [6.07, 6.45) is 0.731. The molecule has 1 aliphatic heterocycles. The van der Waals surface area contributed by atoms with Crippen molar-refractivity contribution in [3.05, 3.63) is 22.6 Å². The van der Waals surface area contributed by atoms with Crippen LogP contribution in [0.1, 0.15) is 44.4 Å². The van der Waals surface area contributed by atoms with E-state index in [4.69, 9.17) is 0 Å². The molecule has 1 aromatic heterocycles. The number of unbranched alkanes of at least 4 members (excludes halogenated alkanes) is 2. The first-order valence-corrected chi connectivity index (χ1v) is 9.11. The van der Waals surface area contributed by atoms with Crippen molar-refractivity contribution in [2.24, 2.45) is 5.16 Å². The van der Waals surface area contributed by atoms with Crippen molar-refractivity contribution in [3.63, 3.8) is 0 Å². The standard InChI is InChI=1S/C17H21F3N2O2S/c1-3-5-9-22(10-6-4-2)14-8-7-12(25-14)11-13-15(17(18,19)20)21-24-16(13)23/h7-8,11H,3-6,9-10H2,1-2H3. The van der Waals surface area contributed by atoms with E-state index in [9.17, 15) is 18.0 Å². The molecule has 0 amide bonds. The Balaban J connectivity index is 2.21. The second-order valence-electron chi connectivity index (χ2n) is 5.74. The predicted molar refractivity (Wildman–Crippen MR) is 93.9 cm³/mol. The van der Waals surface area contributed by atoms with E-state index < -0.39 is 23.4 Å². The fraction of sp³-hybridized carbons (Fsp3) is 0.529. The first kappa shape index (κ1) is 19.5. The van der Waals surface area contributed by atoms with Gasteiger partial charge in [0.2, 0.25) is 0 Å². The summed E-state index contributed by atoms with van der Waals surface area (Å²) >= 11 is 1.36. The van der Waals surface area contributed by atoms with Gasteiger partial charge < -0.3 is 9.74 Å². The number of thiophene rings is 1. The van der Waals surface area contributed by atoms with E-state index in [1.54, 1.807) is 6.07 Å². The van der Waals surface area contributed by atoms with Gasteiger partial charge in [-0.2, -0.15) is 13.2 Å². The average molecular weight is 374 g/mol. The summed E-state index contributed by atoms with van der Waals surface area (Å²) in [6.45, 7) is 6.05. The zero-order valence-corrected chi connectivity index (χ0v) is 15.0. The highest BCUT2D eigenvalue weighted by Crippen LogP contribution is 2.32. The highest BCUT2D eigenvalue weighted by atomic mass is 32.1. The molecule has 138 valence electrons. The summed E-state index contributed by atoms with van der Waals surface area (Å²) in [6, 6.07) is 3.60. The third-order valence-corrected chi connectivity index (χ3v) is 4.83. The molecule has 0 radical (unpaired) electrons. The van der Waals surface area contributed by atoms with Crippen molar-refractivity contribution in [1.82, 2.24) is 0 Å². The summed E-state index contributed by atoms with van der Waals surface area (Å²) in [4.78, 5) is 18.6. The van der Waals surface area contributed by atoms with Crippen LogP contribution in [0.5, 0.6) is 0 Å². The van der Waals surface area contributed by atoms with Gasteiger partial charge in [0.15, 0.2) is 5.71 Å². The van der Waals surface area contributed by atoms with E-state index in [1.807, 2.05) is 6.07 Å². The van der Waals surface area contributed by atoms with E-state index in [1.165, 1.54) is 17.4 Å². The molecule has 0 aliphatic carbocycles. The smallest absolute Gasteiger partial charge is 0.363 e. The van der Waals surface area contributed by atoms with Crippen LogP contribution < -0.4 is 4.90 Å². The maximum Gasteiger partial charge on any atom is 0.437 e. The molecule has 0 N–H and O–H groups in total. The van der Waals surface area contributed by atoms with Crippen LogP contribution in [0.3, 0.4) is 0 Å². The maximum atomic E-state index is 12.9. The number of carbonyl (C=O) groups is 1. The first-order chi connectivity index (χ1) is 11.9. The molecular formula is C17H21F3N2O2S. The summed E-state index contributed by atoms with van der Waals surface area (Å²) in [5.41, 5.74) is -1.82. The van der Waals surface area contributed by atoms with Crippen LogP contribution in [0, 0.1) is 0 Å². The molecule has 0 spiro atoms. The van der Waals surface area contributed by atoms with Crippen LogP contribution in [0.25, 0.3) is 6.08 Å². The monoisotopic (exact) mass is 374 g/mol. The molecule has 0 bridgehead atoms. The molecule has 0 saturated carbocycles. The third-order valence-electron chi connectivity index (χ3n) is 3.74. The van der Waals surface area contributed by atoms with E-state index in [-0.39, 0.29) is 0 Å². The number of hydrogen-bond acceptors (Lipinski definition) is 5. The van der Waals surface area contributed by atoms with Gasteiger partial charge in [-0.1, -0.05) is 31.8 Å². The number of anilines is 1. The normalized spacial score (nSPS) is 16.3. The molecule has 0 aromatic carbocycles. The number of rotatable bonds is 8. The molecule has 8 heteroatoms. The molecule has 0 saturated heterocycles. The molecular weight excluding hydrogens is 353 g/mol. The number of carbonyl (C=O) groups excluding carboxylic acids is 1.